The summed E-state index contributed by atoms with van der Waals surface area (Å²) >= 11 is 17.8. The molecule has 0 atom stereocenters. The maximum absolute atomic E-state index is 12.6. The van der Waals surface area contributed by atoms with E-state index in [1.165, 1.54) is 0 Å². The van der Waals surface area contributed by atoms with Gasteiger partial charge in [0.2, 0.25) is 0 Å². The zero-order valence-corrected chi connectivity index (χ0v) is 16.7. The van der Waals surface area contributed by atoms with Crippen molar-refractivity contribution in [1.29, 1.82) is 0 Å². The maximum atomic E-state index is 12.6. The van der Waals surface area contributed by atoms with E-state index in [0.717, 1.165) is 11.3 Å². The van der Waals surface area contributed by atoms with Gasteiger partial charge in [0.25, 0.3) is 5.91 Å². The van der Waals surface area contributed by atoms with Crippen LogP contribution in [0, 0.1) is 6.92 Å². The molecule has 1 heterocycles. The van der Waals surface area contributed by atoms with Gasteiger partial charge < -0.3 is 15.1 Å². The van der Waals surface area contributed by atoms with Gasteiger partial charge in [0.15, 0.2) is 5.11 Å². The largest absolute Gasteiger partial charge is 0.345 e. The lowest BCUT2D eigenvalue weighted by Gasteiger charge is -2.36. The Morgan fingerprint density at radius 3 is 2.31 bits per heavy atom. The van der Waals surface area contributed by atoms with Gasteiger partial charge in [0.05, 0.1) is 10.6 Å². The molecule has 0 aromatic heterocycles. The number of rotatable bonds is 2. The Hall–Kier alpha value is -1.82. The minimum Gasteiger partial charge on any atom is -0.345 e. The van der Waals surface area contributed by atoms with Gasteiger partial charge in [-0.15, -0.1) is 0 Å². The van der Waals surface area contributed by atoms with Crippen molar-refractivity contribution in [3.8, 4) is 0 Å². The van der Waals surface area contributed by atoms with Crippen molar-refractivity contribution in [3.05, 3.63) is 63.6 Å². The molecule has 2 aromatic carbocycles. The van der Waals surface area contributed by atoms with E-state index in [-0.39, 0.29) is 5.91 Å². The first-order valence-electron chi connectivity index (χ1n) is 8.31. The minimum absolute atomic E-state index is 0.0422. The molecule has 0 bridgehead atoms. The molecule has 1 aliphatic heterocycles. The number of piperazine rings is 1. The van der Waals surface area contributed by atoms with E-state index in [0.29, 0.717) is 46.9 Å². The molecule has 0 aliphatic carbocycles. The monoisotopic (exact) mass is 407 g/mol. The Labute approximate surface area is 168 Å². The Bertz CT molecular complexity index is 835. The number of aryl methyl sites for hydroxylation is 1. The summed E-state index contributed by atoms with van der Waals surface area (Å²) in [7, 11) is 0. The molecule has 0 saturated carbocycles. The molecule has 2 aromatic rings. The predicted octanol–water partition coefficient (Wildman–Crippen LogP) is 4.46. The molecule has 7 heteroatoms. The third-order valence-corrected chi connectivity index (χ3v) is 5.48. The standard InChI is InChI=1S/C19H19Cl2N3OS/c1-13-6-7-14(12-17(13)21)22-19(26)24-10-8-23(9-11-24)18(25)15-4-2-3-5-16(15)20/h2-7,12H,8-11H2,1H3,(H,22,26). The highest BCUT2D eigenvalue weighted by Crippen LogP contribution is 2.21. The Morgan fingerprint density at radius 2 is 1.65 bits per heavy atom. The lowest BCUT2D eigenvalue weighted by molar-refractivity contribution is 0.0693. The fraction of sp³-hybridized carbons (Fsp3) is 0.263. The third-order valence-electron chi connectivity index (χ3n) is 4.38. The van der Waals surface area contributed by atoms with Crippen LogP contribution < -0.4 is 5.32 Å². The van der Waals surface area contributed by atoms with Gasteiger partial charge in [-0.05, 0) is 49.0 Å². The van der Waals surface area contributed by atoms with Crippen molar-refractivity contribution in [3.63, 3.8) is 0 Å². The van der Waals surface area contributed by atoms with Crippen molar-refractivity contribution in [1.82, 2.24) is 9.80 Å². The number of nitrogens with zero attached hydrogens (tertiary/aromatic N) is 2. The predicted molar refractivity (Wildman–Crippen MR) is 111 cm³/mol. The van der Waals surface area contributed by atoms with Crippen LogP contribution in [0.5, 0.6) is 0 Å². The SMILES string of the molecule is Cc1ccc(NC(=S)N2CCN(C(=O)c3ccccc3Cl)CC2)cc1Cl. The van der Waals surface area contributed by atoms with E-state index in [1.807, 2.05) is 42.2 Å². The van der Waals surface area contributed by atoms with Crippen LogP contribution in [-0.4, -0.2) is 47.0 Å². The number of carbonyl (C=O) groups excluding carboxylic acids is 1. The molecular weight excluding hydrogens is 389 g/mol. The lowest BCUT2D eigenvalue weighted by atomic mass is 10.2. The van der Waals surface area contributed by atoms with E-state index in [9.17, 15) is 4.79 Å². The highest BCUT2D eigenvalue weighted by atomic mass is 35.5. The van der Waals surface area contributed by atoms with Gasteiger partial charge in [0, 0.05) is 36.9 Å². The van der Waals surface area contributed by atoms with Gasteiger partial charge in [0.1, 0.15) is 0 Å². The van der Waals surface area contributed by atoms with Crippen molar-refractivity contribution < 1.29 is 4.79 Å². The Morgan fingerprint density at radius 1 is 1.00 bits per heavy atom. The van der Waals surface area contributed by atoms with Crippen LogP contribution in [0.1, 0.15) is 15.9 Å². The molecule has 0 spiro atoms. The molecule has 1 fully saturated rings. The molecule has 1 saturated heterocycles. The summed E-state index contributed by atoms with van der Waals surface area (Å²) < 4.78 is 0. The fourth-order valence-electron chi connectivity index (χ4n) is 2.79. The molecule has 1 amide bonds. The van der Waals surface area contributed by atoms with E-state index in [2.05, 4.69) is 10.2 Å². The second kappa shape index (κ2) is 8.25. The van der Waals surface area contributed by atoms with Gasteiger partial charge >= 0.3 is 0 Å². The molecule has 0 unspecified atom stereocenters. The molecule has 1 N–H and O–H groups in total. The van der Waals surface area contributed by atoms with E-state index >= 15 is 0 Å². The highest BCUT2D eigenvalue weighted by molar-refractivity contribution is 7.80. The minimum atomic E-state index is -0.0422. The molecule has 26 heavy (non-hydrogen) atoms. The van der Waals surface area contributed by atoms with E-state index < -0.39 is 0 Å². The first-order valence-corrected chi connectivity index (χ1v) is 9.48. The number of anilines is 1. The summed E-state index contributed by atoms with van der Waals surface area (Å²) in [5.41, 5.74) is 2.42. The number of benzene rings is 2. The third kappa shape index (κ3) is 4.29. The number of nitrogens with one attached hydrogen (secondary N) is 1. The average Bonchev–Trinajstić information content (AvgIpc) is 2.65. The van der Waals surface area contributed by atoms with Crippen molar-refractivity contribution in [2.75, 3.05) is 31.5 Å². The summed E-state index contributed by atoms with van der Waals surface area (Å²) in [6, 6.07) is 12.9. The smallest absolute Gasteiger partial charge is 0.255 e. The fourth-order valence-corrected chi connectivity index (χ4v) is 3.49. The number of hydrogen-bond acceptors (Lipinski definition) is 2. The van der Waals surface area contributed by atoms with Crippen LogP contribution in [-0.2, 0) is 0 Å². The van der Waals surface area contributed by atoms with Crippen LogP contribution in [0.2, 0.25) is 10.0 Å². The number of halogens is 2. The van der Waals surface area contributed by atoms with Gasteiger partial charge in [-0.25, -0.2) is 0 Å². The molecule has 0 radical (unpaired) electrons. The second-order valence-electron chi connectivity index (χ2n) is 6.15. The van der Waals surface area contributed by atoms with Gasteiger partial charge in [-0.3, -0.25) is 4.79 Å². The Balaban J connectivity index is 1.57. The van der Waals surface area contributed by atoms with E-state index in [1.54, 1.807) is 12.1 Å². The zero-order valence-electron chi connectivity index (χ0n) is 14.3. The molecular formula is C19H19Cl2N3OS. The normalized spacial score (nSPS) is 14.3. The quantitative estimate of drug-likeness (QED) is 0.745. The molecule has 1 aliphatic rings. The summed E-state index contributed by atoms with van der Waals surface area (Å²) in [5, 5.41) is 5.03. The summed E-state index contributed by atoms with van der Waals surface area (Å²) in [6.07, 6.45) is 0. The Kier molecular flexibility index (Phi) is 6.01. The van der Waals surface area contributed by atoms with Crippen LogP contribution in [0.3, 0.4) is 0 Å². The summed E-state index contributed by atoms with van der Waals surface area (Å²) in [4.78, 5) is 16.5. The van der Waals surface area contributed by atoms with Crippen LogP contribution in [0.15, 0.2) is 42.5 Å². The first kappa shape index (κ1) is 19.0. The highest BCUT2D eigenvalue weighted by Gasteiger charge is 2.24. The second-order valence-corrected chi connectivity index (χ2v) is 7.35. The van der Waals surface area contributed by atoms with Gasteiger partial charge in [-0.2, -0.15) is 0 Å². The van der Waals surface area contributed by atoms with E-state index in [4.69, 9.17) is 35.4 Å². The van der Waals surface area contributed by atoms with Gasteiger partial charge in [-0.1, -0.05) is 41.4 Å². The first-order chi connectivity index (χ1) is 12.5. The number of hydrogen-bond donors (Lipinski definition) is 1. The zero-order chi connectivity index (χ0) is 18.7. The van der Waals surface area contributed by atoms with Crippen molar-refractivity contribution >= 4 is 52.1 Å². The number of carbonyl (C=O) groups is 1. The maximum Gasteiger partial charge on any atom is 0.255 e. The molecule has 3 rings (SSSR count). The molecule has 136 valence electrons. The van der Waals surface area contributed by atoms with Crippen molar-refractivity contribution in [2.24, 2.45) is 0 Å². The number of amides is 1. The molecule has 4 nitrogen and oxygen atoms in total. The van der Waals surface area contributed by atoms with Crippen LogP contribution >= 0.6 is 35.4 Å². The lowest BCUT2D eigenvalue weighted by Crippen LogP contribution is -2.51. The topological polar surface area (TPSA) is 35.6 Å². The summed E-state index contributed by atoms with van der Waals surface area (Å²) in [5.74, 6) is -0.0422. The average molecular weight is 408 g/mol. The van der Waals surface area contributed by atoms with Crippen LogP contribution in [0.4, 0.5) is 5.69 Å². The van der Waals surface area contributed by atoms with Crippen LogP contribution in [0.25, 0.3) is 0 Å². The van der Waals surface area contributed by atoms with Crippen molar-refractivity contribution in [2.45, 2.75) is 6.92 Å². The summed E-state index contributed by atoms with van der Waals surface area (Å²) in [6.45, 7) is 4.49. The number of thiocarbonyl (C=S) groups is 1.